The molecule has 3 aromatic carbocycles. The van der Waals surface area contributed by atoms with Gasteiger partial charge in [-0.2, -0.15) is 4.31 Å². The number of carbonyl (C=O) groups is 3. The number of amides is 3. The molecule has 1 unspecified atom stereocenters. The number of imide groups is 1. The lowest BCUT2D eigenvalue weighted by Crippen LogP contribution is -2.46. The number of sulfonamides is 1. The first-order valence-corrected chi connectivity index (χ1v) is 13.7. The van der Waals surface area contributed by atoms with Gasteiger partial charge in [-0.1, -0.05) is 18.2 Å². The smallest absolute Gasteiger partial charge is 0.252 e. The van der Waals surface area contributed by atoms with Crippen LogP contribution < -0.4 is 10.2 Å². The molecule has 1 atom stereocenters. The van der Waals surface area contributed by atoms with Crippen LogP contribution >= 0.6 is 0 Å². The minimum Gasteiger partial charge on any atom is -0.361 e. The molecule has 3 amide bonds. The van der Waals surface area contributed by atoms with Crippen molar-refractivity contribution in [1.82, 2.24) is 9.29 Å². The summed E-state index contributed by atoms with van der Waals surface area (Å²) in [5.74, 6) is -2.10. The summed E-state index contributed by atoms with van der Waals surface area (Å²) in [4.78, 5) is 41.9. The van der Waals surface area contributed by atoms with Crippen molar-refractivity contribution in [3.8, 4) is 0 Å². The van der Waals surface area contributed by atoms with E-state index in [1.54, 1.807) is 18.3 Å². The summed E-state index contributed by atoms with van der Waals surface area (Å²) in [6, 6.07) is 16.8. The molecule has 5 rings (SSSR count). The van der Waals surface area contributed by atoms with E-state index in [4.69, 9.17) is 0 Å². The van der Waals surface area contributed by atoms with Crippen molar-refractivity contribution in [2.24, 2.45) is 0 Å². The lowest BCUT2D eigenvalue weighted by atomic mass is 10.1. The van der Waals surface area contributed by atoms with E-state index < -0.39 is 33.7 Å². The zero-order valence-corrected chi connectivity index (χ0v) is 21.7. The van der Waals surface area contributed by atoms with E-state index in [1.165, 1.54) is 19.1 Å². The van der Waals surface area contributed by atoms with Crippen LogP contribution in [0.5, 0.6) is 0 Å². The van der Waals surface area contributed by atoms with E-state index in [0.717, 1.165) is 49.9 Å². The van der Waals surface area contributed by atoms with Gasteiger partial charge in [0.05, 0.1) is 17.0 Å². The summed E-state index contributed by atoms with van der Waals surface area (Å²) in [6.07, 6.45) is 1.71. The molecule has 1 aromatic heterocycles. The highest BCUT2D eigenvalue weighted by Gasteiger charge is 2.46. The molecule has 2 heterocycles. The van der Waals surface area contributed by atoms with Gasteiger partial charge in [0.15, 0.2) is 0 Å². The second kappa shape index (κ2) is 10.4. The van der Waals surface area contributed by atoms with Crippen LogP contribution in [0.3, 0.4) is 0 Å². The predicted molar refractivity (Wildman–Crippen MR) is 144 cm³/mol. The summed E-state index contributed by atoms with van der Waals surface area (Å²) in [6.45, 7) is 1.28. The molecule has 2 N–H and O–H groups in total. The van der Waals surface area contributed by atoms with E-state index in [-0.39, 0.29) is 35.9 Å². The minimum absolute atomic E-state index is 0.0828. The van der Waals surface area contributed by atoms with Crippen LogP contribution in [0.2, 0.25) is 0 Å². The number of aromatic nitrogens is 1. The molecule has 0 bridgehead atoms. The number of rotatable bonds is 8. The Bertz CT molecular complexity index is 1670. The molecule has 1 aliphatic rings. The summed E-state index contributed by atoms with van der Waals surface area (Å²) >= 11 is 0. The highest BCUT2D eigenvalue weighted by atomic mass is 32.2. The fraction of sp³-hybridized carbons (Fsp3) is 0.179. The van der Waals surface area contributed by atoms with Gasteiger partial charge in [0.25, 0.3) is 5.91 Å². The molecule has 39 heavy (non-hydrogen) atoms. The maximum Gasteiger partial charge on any atom is 0.252 e. The zero-order valence-electron chi connectivity index (χ0n) is 20.9. The fourth-order valence-electron chi connectivity index (χ4n) is 4.76. The lowest BCUT2D eigenvalue weighted by molar-refractivity contribution is -0.122. The van der Waals surface area contributed by atoms with Gasteiger partial charge in [-0.3, -0.25) is 14.4 Å². The molecule has 1 fully saturated rings. The van der Waals surface area contributed by atoms with E-state index >= 15 is 0 Å². The van der Waals surface area contributed by atoms with Crippen molar-refractivity contribution in [3.05, 3.63) is 90.4 Å². The van der Waals surface area contributed by atoms with Gasteiger partial charge in [-0.15, -0.1) is 0 Å². The summed E-state index contributed by atoms with van der Waals surface area (Å²) < 4.78 is 42.1. The SMILES string of the molecule is CC(=O)Nc1ccc(N2C(=O)CC(N(CCc3c[nH]c4ccccc34)S(=O)(=O)c3ccc(F)cc3)C2=O)cc1. The Morgan fingerprint density at radius 3 is 2.44 bits per heavy atom. The number of H-pyrrole nitrogens is 1. The number of halogens is 1. The number of aromatic amines is 1. The van der Waals surface area contributed by atoms with Gasteiger partial charge in [0.1, 0.15) is 11.9 Å². The molecule has 9 nitrogen and oxygen atoms in total. The van der Waals surface area contributed by atoms with Gasteiger partial charge in [-0.25, -0.2) is 17.7 Å². The number of benzene rings is 3. The van der Waals surface area contributed by atoms with Crippen LogP contribution in [-0.2, 0) is 30.8 Å². The maximum absolute atomic E-state index is 13.8. The molecule has 4 aromatic rings. The summed E-state index contributed by atoms with van der Waals surface area (Å²) in [5.41, 5.74) is 2.49. The first-order valence-electron chi connectivity index (χ1n) is 12.2. The largest absolute Gasteiger partial charge is 0.361 e. The summed E-state index contributed by atoms with van der Waals surface area (Å²) in [5, 5.41) is 3.54. The van der Waals surface area contributed by atoms with E-state index in [2.05, 4.69) is 10.3 Å². The number of fused-ring (bicyclic) bond motifs is 1. The standard InChI is InChI=1S/C28H25FN4O5S/c1-18(34)31-21-8-10-22(11-9-21)33-27(35)16-26(28(33)36)32(39(37,38)23-12-6-20(29)7-13-23)15-14-19-17-30-25-5-3-2-4-24(19)25/h2-13,17,26,30H,14-16H2,1H3,(H,31,34). The van der Waals surface area contributed by atoms with Crippen LogP contribution in [0.4, 0.5) is 15.8 Å². The second-order valence-electron chi connectivity index (χ2n) is 9.19. The Labute approximate surface area is 224 Å². The second-order valence-corrected chi connectivity index (χ2v) is 11.1. The molecular weight excluding hydrogens is 523 g/mol. The third kappa shape index (κ3) is 5.18. The van der Waals surface area contributed by atoms with Crippen molar-refractivity contribution in [2.75, 3.05) is 16.8 Å². The molecule has 0 spiro atoms. The van der Waals surface area contributed by atoms with Crippen molar-refractivity contribution in [3.63, 3.8) is 0 Å². The molecule has 1 aliphatic heterocycles. The molecule has 0 radical (unpaired) electrons. The Morgan fingerprint density at radius 2 is 1.74 bits per heavy atom. The third-order valence-corrected chi connectivity index (χ3v) is 8.54. The van der Waals surface area contributed by atoms with E-state index in [1.807, 2.05) is 24.3 Å². The first-order chi connectivity index (χ1) is 18.6. The van der Waals surface area contributed by atoms with Crippen molar-refractivity contribution in [1.29, 1.82) is 0 Å². The topological polar surface area (TPSA) is 120 Å². The molecule has 200 valence electrons. The number of nitrogens with zero attached hydrogens (tertiary/aromatic N) is 2. The van der Waals surface area contributed by atoms with E-state index in [0.29, 0.717) is 5.69 Å². The fourth-order valence-corrected chi connectivity index (χ4v) is 6.35. The van der Waals surface area contributed by atoms with E-state index in [9.17, 15) is 27.2 Å². The van der Waals surface area contributed by atoms with Crippen molar-refractivity contribution in [2.45, 2.75) is 30.7 Å². The first kappa shape index (κ1) is 26.3. The van der Waals surface area contributed by atoms with Crippen LogP contribution in [0.25, 0.3) is 10.9 Å². The average molecular weight is 549 g/mol. The van der Waals surface area contributed by atoms with Crippen LogP contribution in [0, 0.1) is 5.82 Å². The van der Waals surface area contributed by atoms with Crippen molar-refractivity contribution < 1.29 is 27.2 Å². The Kier molecular flexibility index (Phi) is 7.02. The number of hydrogen-bond acceptors (Lipinski definition) is 5. The quantitative estimate of drug-likeness (QED) is 0.325. The number of para-hydroxylation sites is 1. The number of carbonyl (C=O) groups excluding carboxylic acids is 3. The monoisotopic (exact) mass is 548 g/mol. The van der Waals surface area contributed by atoms with Crippen LogP contribution in [0.1, 0.15) is 18.9 Å². The number of hydrogen-bond donors (Lipinski definition) is 2. The Morgan fingerprint density at radius 1 is 1.05 bits per heavy atom. The number of nitrogens with one attached hydrogen (secondary N) is 2. The van der Waals surface area contributed by atoms with Crippen LogP contribution in [0.15, 0.2) is 83.9 Å². The zero-order chi connectivity index (χ0) is 27.7. The highest BCUT2D eigenvalue weighted by molar-refractivity contribution is 7.89. The lowest BCUT2D eigenvalue weighted by Gasteiger charge is -2.27. The van der Waals surface area contributed by atoms with Crippen molar-refractivity contribution >= 4 is 50.0 Å². The minimum atomic E-state index is -4.28. The normalized spacial score (nSPS) is 15.9. The molecular formula is C28H25FN4O5S. The molecule has 0 aliphatic carbocycles. The average Bonchev–Trinajstić information content (AvgIpc) is 3.44. The van der Waals surface area contributed by atoms with Gasteiger partial charge in [-0.05, 0) is 66.6 Å². The van der Waals surface area contributed by atoms with Gasteiger partial charge >= 0.3 is 0 Å². The van der Waals surface area contributed by atoms with Gasteiger partial charge in [0.2, 0.25) is 21.8 Å². The van der Waals surface area contributed by atoms with Gasteiger partial charge in [0, 0.05) is 36.3 Å². The van der Waals surface area contributed by atoms with Gasteiger partial charge < -0.3 is 10.3 Å². The molecule has 0 saturated carbocycles. The number of anilines is 2. The molecule has 1 saturated heterocycles. The summed E-state index contributed by atoms with van der Waals surface area (Å²) in [7, 11) is -4.28. The predicted octanol–water partition coefficient (Wildman–Crippen LogP) is 3.83. The van der Waals surface area contributed by atoms with Crippen LogP contribution in [-0.4, -0.2) is 48.0 Å². The Balaban J connectivity index is 1.47. The maximum atomic E-state index is 13.8. The Hall–Kier alpha value is -4.35. The third-order valence-electron chi connectivity index (χ3n) is 6.61. The highest BCUT2D eigenvalue weighted by Crippen LogP contribution is 2.31. The molecule has 11 heteroatoms.